The lowest BCUT2D eigenvalue weighted by atomic mass is 9.98. The zero-order valence-electron chi connectivity index (χ0n) is 11.7. The van der Waals surface area contributed by atoms with Crippen molar-refractivity contribution in [2.75, 3.05) is 18.0 Å². The fraction of sp³-hybridized carbons (Fsp3) is 0.235. The summed E-state index contributed by atoms with van der Waals surface area (Å²) in [6, 6.07) is 17.5. The number of β-amino-alcohol motifs (C(OH)–C–C–N with tert-alkyl or cyclic N) is 1. The summed E-state index contributed by atoms with van der Waals surface area (Å²) >= 11 is 0. The number of anilines is 1. The normalized spacial score (nSPS) is 17.6. The van der Waals surface area contributed by atoms with Crippen molar-refractivity contribution >= 4 is 11.4 Å². The maximum atomic E-state index is 10.4. The molecule has 1 unspecified atom stereocenters. The summed E-state index contributed by atoms with van der Waals surface area (Å²) in [5.41, 5.74) is 3.56. The highest BCUT2D eigenvalue weighted by molar-refractivity contribution is 6.06. The number of aliphatic hydroxyl groups excluding tert-OH is 1. The highest BCUT2D eigenvalue weighted by Gasteiger charge is 2.23. The maximum absolute atomic E-state index is 10.4. The third kappa shape index (κ3) is 2.76. The van der Waals surface area contributed by atoms with Gasteiger partial charge in [0.15, 0.2) is 0 Å². The van der Waals surface area contributed by atoms with Crippen molar-refractivity contribution in [2.45, 2.75) is 12.5 Å². The van der Waals surface area contributed by atoms with Crippen molar-refractivity contribution in [1.82, 2.24) is 0 Å². The Labute approximate surface area is 124 Å². The molecule has 108 valence electrons. The van der Waals surface area contributed by atoms with Crippen LogP contribution >= 0.6 is 0 Å². The highest BCUT2D eigenvalue weighted by atomic mass is 16.4. The summed E-state index contributed by atoms with van der Waals surface area (Å²) < 4.78 is 0. The Balaban J connectivity index is 1.84. The molecule has 0 aromatic heterocycles. The van der Waals surface area contributed by atoms with Crippen molar-refractivity contribution in [3.8, 4) is 0 Å². The molecule has 4 nitrogen and oxygen atoms in total. The minimum Gasteiger partial charge on any atom is -0.411 e. The molecule has 0 amide bonds. The van der Waals surface area contributed by atoms with Gasteiger partial charge in [-0.05, 0) is 11.6 Å². The molecule has 0 spiro atoms. The Bertz CT molecular complexity index is 640. The molecule has 4 heteroatoms. The average molecular weight is 282 g/mol. The zero-order chi connectivity index (χ0) is 14.7. The lowest BCUT2D eigenvalue weighted by molar-refractivity contribution is 0.183. The van der Waals surface area contributed by atoms with E-state index in [1.807, 2.05) is 54.6 Å². The zero-order valence-corrected chi connectivity index (χ0v) is 11.7. The van der Waals surface area contributed by atoms with Crippen LogP contribution in [0.15, 0.2) is 59.8 Å². The van der Waals surface area contributed by atoms with E-state index in [1.165, 1.54) is 0 Å². The molecule has 0 aliphatic carbocycles. The van der Waals surface area contributed by atoms with E-state index in [4.69, 9.17) is 5.21 Å². The van der Waals surface area contributed by atoms with E-state index < -0.39 is 6.10 Å². The molecule has 21 heavy (non-hydrogen) atoms. The molecule has 2 aromatic rings. The van der Waals surface area contributed by atoms with Crippen LogP contribution in [0.1, 0.15) is 23.7 Å². The van der Waals surface area contributed by atoms with Crippen LogP contribution in [0.5, 0.6) is 0 Å². The maximum Gasteiger partial charge on any atom is 0.0964 e. The van der Waals surface area contributed by atoms with Gasteiger partial charge in [-0.1, -0.05) is 53.7 Å². The highest BCUT2D eigenvalue weighted by Crippen LogP contribution is 2.29. The number of aliphatic hydroxyl groups is 1. The topological polar surface area (TPSA) is 56.1 Å². The van der Waals surface area contributed by atoms with Crippen molar-refractivity contribution in [3.63, 3.8) is 0 Å². The molecule has 1 aliphatic rings. The third-order valence-corrected chi connectivity index (χ3v) is 3.87. The van der Waals surface area contributed by atoms with Gasteiger partial charge in [0, 0.05) is 30.8 Å². The summed E-state index contributed by atoms with van der Waals surface area (Å²) in [5, 5.41) is 22.9. The van der Waals surface area contributed by atoms with Gasteiger partial charge in [0.2, 0.25) is 0 Å². The van der Waals surface area contributed by atoms with Crippen molar-refractivity contribution in [3.05, 3.63) is 65.7 Å². The van der Waals surface area contributed by atoms with Crippen LogP contribution < -0.4 is 4.90 Å². The molecule has 1 heterocycles. The van der Waals surface area contributed by atoms with Gasteiger partial charge in [0.25, 0.3) is 0 Å². The fourth-order valence-electron chi connectivity index (χ4n) is 2.77. The summed E-state index contributed by atoms with van der Waals surface area (Å²) in [5.74, 6) is 0. The molecule has 0 bridgehead atoms. The summed E-state index contributed by atoms with van der Waals surface area (Å²) in [6.07, 6.45) is 0.140. The van der Waals surface area contributed by atoms with Crippen LogP contribution in [0.25, 0.3) is 0 Å². The number of fused-ring (bicyclic) bond motifs is 1. The van der Waals surface area contributed by atoms with Crippen molar-refractivity contribution in [1.29, 1.82) is 0 Å². The number of nitrogens with zero attached hydrogens (tertiary/aromatic N) is 2. The minimum atomic E-state index is -0.535. The van der Waals surface area contributed by atoms with Gasteiger partial charge in [-0.25, -0.2) is 0 Å². The molecular formula is C17H18N2O2. The first kappa shape index (κ1) is 13.6. The summed E-state index contributed by atoms with van der Waals surface area (Å²) in [4.78, 5) is 2.14. The second kappa shape index (κ2) is 5.97. The van der Waals surface area contributed by atoms with Gasteiger partial charge in [-0.3, -0.25) is 0 Å². The Morgan fingerprint density at radius 2 is 1.76 bits per heavy atom. The molecule has 0 saturated carbocycles. The lowest BCUT2D eigenvalue weighted by Gasteiger charge is -2.33. The van der Waals surface area contributed by atoms with E-state index in [-0.39, 0.29) is 0 Å². The number of para-hydroxylation sites is 1. The van der Waals surface area contributed by atoms with E-state index in [2.05, 4.69) is 10.1 Å². The first-order valence-corrected chi connectivity index (χ1v) is 7.08. The average Bonchev–Trinajstić information content (AvgIpc) is 2.56. The molecule has 0 radical (unpaired) electrons. The van der Waals surface area contributed by atoms with Gasteiger partial charge in [-0.2, -0.15) is 0 Å². The molecular weight excluding hydrogens is 264 g/mol. The first-order chi connectivity index (χ1) is 10.3. The van der Waals surface area contributed by atoms with E-state index in [1.54, 1.807) is 0 Å². The van der Waals surface area contributed by atoms with Crippen LogP contribution in [0.3, 0.4) is 0 Å². The summed E-state index contributed by atoms with van der Waals surface area (Å²) in [7, 11) is 0. The van der Waals surface area contributed by atoms with Crippen LogP contribution in [0.2, 0.25) is 0 Å². The van der Waals surface area contributed by atoms with Gasteiger partial charge >= 0.3 is 0 Å². The number of benzene rings is 2. The van der Waals surface area contributed by atoms with Gasteiger partial charge in [0.05, 0.1) is 11.8 Å². The van der Waals surface area contributed by atoms with E-state index in [0.29, 0.717) is 18.7 Å². The van der Waals surface area contributed by atoms with E-state index in [9.17, 15) is 5.11 Å². The van der Waals surface area contributed by atoms with E-state index in [0.717, 1.165) is 23.4 Å². The molecule has 0 saturated heterocycles. The Morgan fingerprint density at radius 1 is 1.05 bits per heavy atom. The summed E-state index contributed by atoms with van der Waals surface area (Å²) in [6.45, 7) is 1.26. The number of rotatable bonds is 3. The predicted octanol–water partition coefficient (Wildman–Crippen LogP) is 2.81. The standard InChI is InChI=1S/C17H18N2O2/c20-17(13-6-2-1-3-7-13)12-19-11-10-15(18-21)14-8-4-5-9-16(14)19/h1-9,17,20-21H,10-12H2. The predicted molar refractivity (Wildman–Crippen MR) is 83.0 cm³/mol. The lowest BCUT2D eigenvalue weighted by Crippen LogP contribution is -2.35. The van der Waals surface area contributed by atoms with Crippen molar-refractivity contribution in [2.24, 2.45) is 5.16 Å². The smallest absolute Gasteiger partial charge is 0.0964 e. The molecule has 2 aromatic carbocycles. The number of oxime groups is 1. The second-order valence-corrected chi connectivity index (χ2v) is 5.19. The molecule has 1 atom stereocenters. The SMILES string of the molecule is ON=C1CCN(CC(O)c2ccccc2)c2ccccc21. The van der Waals surface area contributed by atoms with Crippen LogP contribution in [0.4, 0.5) is 5.69 Å². The van der Waals surface area contributed by atoms with Gasteiger partial charge < -0.3 is 15.2 Å². The van der Waals surface area contributed by atoms with Crippen LogP contribution in [-0.2, 0) is 0 Å². The van der Waals surface area contributed by atoms with E-state index >= 15 is 0 Å². The quantitative estimate of drug-likeness (QED) is 0.672. The molecule has 0 fully saturated rings. The Morgan fingerprint density at radius 3 is 2.52 bits per heavy atom. The van der Waals surface area contributed by atoms with Gasteiger partial charge in [0.1, 0.15) is 0 Å². The first-order valence-electron chi connectivity index (χ1n) is 7.08. The second-order valence-electron chi connectivity index (χ2n) is 5.19. The number of hydrogen-bond donors (Lipinski definition) is 2. The van der Waals surface area contributed by atoms with Crippen LogP contribution in [0, 0.1) is 0 Å². The molecule has 3 rings (SSSR count). The van der Waals surface area contributed by atoms with Crippen LogP contribution in [-0.4, -0.2) is 29.1 Å². The number of hydrogen-bond acceptors (Lipinski definition) is 4. The van der Waals surface area contributed by atoms with Crippen molar-refractivity contribution < 1.29 is 10.3 Å². The largest absolute Gasteiger partial charge is 0.411 e. The third-order valence-electron chi connectivity index (χ3n) is 3.87. The Hall–Kier alpha value is -2.33. The Kier molecular flexibility index (Phi) is 3.88. The molecule has 1 aliphatic heterocycles. The minimum absolute atomic E-state index is 0.528. The fourth-order valence-corrected chi connectivity index (χ4v) is 2.77. The van der Waals surface area contributed by atoms with Gasteiger partial charge in [-0.15, -0.1) is 0 Å². The molecule has 2 N–H and O–H groups in total. The monoisotopic (exact) mass is 282 g/mol.